The molecule has 0 aliphatic carbocycles. The monoisotopic (exact) mass is 372 g/mol. The van der Waals surface area contributed by atoms with Crippen molar-refractivity contribution in [3.63, 3.8) is 0 Å². The molecule has 2 rings (SSSR count). The number of piperidine rings is 1. The van der Waals surface area contributed by atoms with Crippen LogP contribution < -0.4 is 5.32 Å². The van der Waals surface area contributed by atoms with Crippen molar-refractivity contribution < 1.29 is 13.2 Å². The molecule has 1 fully saturated rings. The third-order valence-electron chi connectivity index (χ3n) is 4.49. The van der Waals surface area contributed by atoms with E-state index < -0.39 is 10.0 Å². The fourth-order valence-electron chi connectivity index (χ4n) is 2.54. The summed E-state index contributed by atoms with van der Waals surface area (Å²) in [5, 5.41) is 3.03. The van der Waals surface area contributed by atoms with Crippen LogP contribution in [0, 0.1) is 5.92 Å². The van der Waals surface area contributed by atoms with Crippen LogP contribution in [0.3, 0.4) is 0 Å². The van der Waals surface area contributed by atoms with Gasteiger partial charge in [0.2, 0.25) is 10.0 Å². The Morgan fingerprint density at radius 1 is 1.17 bits per heavy atom. The largest absolute Gasteiger partial charge is 0.349 e. The molecular weight excluding hydrogens is 348 g/mol. The standard InChI is InChI=1S/C17H25ClN2O3S/c1-12(2)13(3)19-17(21)14-7-8-15(18)16(11-14)24(22,23)20-9-5-4-6-10-20/h7-8,11-13H,4-6,9-10H2,1-3H3,(H,19,21)/t13-/m1/s1. The van der Waals surface area contributed by atoms with Crippen LogP contribution in [0.25, 0.3) is 0 Å². The van der Waals surface area contributed by atoms with Gasteiger partial charge < -0.3 is 5.32 Å². The molecule has 0 saturated carbocycles. The third kappa shape index (κ3) is 4.29. The van der Waals surface area contributed by atoms with E-state index in [2.05, 4.69) is 5.32 Å². The summed E-state index contributed by atoms with van der Waals surface area (Å²) >= 11 is 6.12. The Morgan fingerprint density at radius 2 is 1.79 bits per heavy atom. The lowest BCUT2D eigenvalue weighted by Gasteiger charge is -2.26. The van der Waals surface area contributed by atoms with E-state index in [1.165, 1.54) is 16.4 Å². The molecule has 1 N–H and O–H groups in total. The molecule has 1 aromatic rings. The minimum absolute atomic E-state index is 0.00432. The van der Waals surface area contributed by atoms with Crippen LogP contribution in [-0.4, -0.2) is 37.8 Å². The summed E-state index contributed by atoms with van der Waals surface area (Å²) < 4.78 is 27.1. The molecule has 0 bridgehead atoms. The van der Waals surface area contributed by atoms with Gasteiger partial charge in [0, 0.05) is 24.7 Å². The van der Waals surface area contributed by atoms with Crippen molar-refractivity contribution in [2.75, 3.05) is 13.1 Å². The van der Waals surface area contributed by atoms with E-state index in [0.29, 0.717) is 18.7 Å². The molecule has 1 aliphatic rings. The number of nitrogens with zero attached hydrogens (tertiary/aromatic N) is 1. The molecule has 1 saturated heterocycles. The van der Waals surface area contributed by atoms with E-state index in [1.807, 2.05) is 20.8 Å². The second-order valence-corrected chi connectivity index (χ2v) is 8.93. The van der Waals surface area contributed by atoms with Crippen LogP contribution in [0.1, 0.15) is 50.4 Å². The Morgan fingerprint density at radius 3 is 2.38 bits per heavy atom. The minimum atomic E-state index is -3.67. The van der Waals surface area contributed by atoms with Gasteiger partial charge in [0.1, 0.15) is 4.90 Å². The highest BCUT2D eigenvalue weighted by Crippen LogP contribution is 2.28. The van der Waals surface area contributed by atoms with Crippen molar-refractivity contribution in [2.45, 2.75) is 51.0 Å². The van der Waals surface area contributed by atoms with Gasteiger partial charge in [-0.2, -0.15) is 4.31 Å². The van der Waals surface area contributed by atoms with Gasteiger partial charge in [0.25, 0.3) is 5.91 Å². The highest BCUT2D eigenvalue weighted by molar-refractivity contribution is 7.89. The van der Waals surface area contributed by atoms with Gasteiger partial charge in [0.15, 0.2) is 0 Å². The lowest BCUT2D eigenvalue weighted by Crippen LogP contribution is -2.37. The fraction of sp³-hybridized carbons (Fsp3) is 0.588. The van der Waals surface area contributed by atoms with Gasteiger partial charge in [0.05, 0.1) is 5.02 Å². The molecule has 134 valence electrons. The van der Waals surface area contributed by atoms with Gasteiger partial charge in [-0.15, -0.1) is 0 Å². The maximum atomic E-state index is 12.8. The molecule has 1 heterocycles. The highest BCUT2D eigenvalue weighted by atomic mass is 35.5. The maximum Gasteiger partial charge on any atom is 0.251 e. The molecule has 1 aliphatic heterocycles. The van der Waals surface area contributed by atoms with E-state index >= 15 is 0 Å². The van der Waals surface area contributed by atoms with E-state index in [4.69, 9.17) is 11.6 Å². The van der Waals surface area contributed by atoms with E-state index in [-0.39, 0.29) is 27.8 Å². The Hall–Kier alpha value is -1.11. The average Bonchev–Trinajstić information content (AvgIpc) is 2.55. The normalized spacial score (nSPS) is 17.7. The Bertz CT molecular complexity index is 698. The number of amides is 1. The van der Waals surface area contributed by atoms with Crippen LogP contribution >= 0.6 is 11.6 Å². The highest BCUT2D eigenvalue weighted by Gasteiger charge is 2.29. The van der Waals surface area contributed by atoms with Crippen LogP contribution in [-0.2, 0) is 10.0 Å². The van der Waals surface area contributed by atoms with E-state index in [9.17, 15) is 13.2 Å². The van der Waals surface area contributed by atoms with Crippen molar-refractivity contribution in [1.82, 2.24) is 9.62 Å². The van der Waals surface area contributed by atoms with Gasteiger partial charge in [-0.3, -0.25) is 4.79 Å². The molecule has 1 atom stereocenters. The summed E-state index contributed by atoms with van der Waals surface area (Å²) in [5.41, 5.74) is 0.308. The molecule has 7 heteroatoms. The lowest BCUT2D eigenvalue weighted by atomic mass is 10.1. The Labute approximate surface area is 149 Å². The molecule has 0 spiro atoms. The fourth-order valence-corrected chi connectivity index (χ4v) is 4.56. The number of hydrogen-bond donors (Lipinski definition) is 1. The first-order chi connectivity index (χ1) is 11.2. The van der Waals surface area contributed by atoms with Crippen molar-refractivity contribution in [1.29, 1.82) is 0 Å². The summed E-state index contributed by atoms with van der Waals surface area (Å²) in [6.07, 6.45) is 2.74. The molecule has 1 amide bonds. The van der Waals surface area contributed by atoms with Crippen molar-refractivity contribution in [3.8, 4) is 0 Å². The van der Waals surface area contributed by atoms with Gasteiger partial charge in [-0.05, 0) is 43.9 Å². The van der Waals surface area contributed by atoms with Gasteiger partial charge in [-0.25, -0.2) is 8.42 Å². The summed E-state index contributed by atoms with van der Waals surface area (Å²) in [7, 11) is -3.67. The van der Waals surface area contributed by atoms with Gasteiger partial charge in [-0.1, -0.05) is 31.9 Å². The number of hydrogen-bond acceptors (Lipinski definition) is 3. The summed E-state index contributed by atoms with van der Waals surface area (Å²) in [4.78, 5) is 12.4. The summed E-state index contributed by atoms with van der Waals surface area (Å²) in [5.74, 6) is 0.000707. The predicted molar refractivity (Wildman–Crippen MR) is 95.8 cm³/mol. The summed E-state index contributed by atoms with van der Waals surface area (Å²) in [6, 6.07) is 4.41. The quantitative estimate of drug-likeness (QED) is 0.862. The SMILES string of the molecule is CC(C)[C@@H](C)NC(=O)c1ccc(Cl)c(S(=O)(=O)N2CCCCC2)c1. The van der Waals surface area contributed by atoms with E-state index in [0.717, 1.165) is 19.3 Å². The zero-order valence-corrected chi connectivity index (χ0v) is 16.0. The van der Waals surface area contributed by atoms with Gasteiger partial charge >= 0.3 is 0 Å². The molecule has 24 heavy (non-hydrogen) atoms. The minimum Gasteiger partial charge on any atom is -0.349 e. The first kappa shape index (κ1) is 19.2. The molecule has 5 nitrogen and oxygen atoms in total. The molecule has 0 radical (unpaired) electrons. The number of carbonyl (C=O) groups is 1. The van der Waals surface area contributed by atoms with Crippen molar-refractivity contribution in [3.05, 3.63) is 28.8 Å². The average molecular weight is 373 g/mol. The first-order valence-corrected chi connectivity index (χ1v) is 10.2. The number of rotatable bonds is 5. The molecule has 0 aromatic heterocycles. The number of nitrogens with one attached hydrogen (secondary N) is 1. The number of halogens is 1. The van der Waals surface area contributed by atoms with Crippen molar-refractivity contribution >= 4 is 27.5 Å². The zero-order valence-electron chi connectivity index (χ0n) is 14.4. The summed E-state index contributed by atoms with van der Waals surface area (Å²) in [6.45, 7) is 6.95. The van der Waals surface area contributed by atoms with Crippen LogP contribution in [0.15, 0.2) is 23.1 Å². The first-order valence-electron chi connectivity index (χ1n) is 8.34. The number of carbonyl (C=O) groups excluding carboxylic acids is 1. The Kier molecular flexibility index (Phi) is 6.28. The Balaban J connectivity index is 2.29. The third-order valence-corrected chi connectivity index (χ3v) is 6.87. The van der Waals surface area contributed by atoms with Crippen LogP contribution in [0.5, 0.6) is 0 Å². The second-order valence-electron chi connectivity index (χ2n) is 6.62. The van der Waals surface area contributed by atoms with E-state index in [1.54, 1.807) is 6.07 Å². The second kappa shape index (κ2) is 7.85. The molecule has 1 aromatic carbocycles. The topological polar surface area (TPSA) is 66.5 Å². The maximum absolute atomic E-state index is 12.8. The molecular formula is C17H25ClN2O3S. The zero-order chi connectivity index (χ0) is 17.9. The lowest BCUT2D eigenvalue weighted by molar-refractivity contribution is 0.0930. The smallest absolute Gasteiger partial charge is 0.251 e. The number of sulfonamides is 1. The van der Waals surface area contributed by atoms with Crippen LogP contribution in [0.2, 0.25) is 5.02 Å². The predicted octanol–water partition coefficient (Wildman–Crippen LogP) is 3.29. The number of benzene rings is 1. The van der Waals surface area contributed by atoms with Crippen LogP contribution in [0.4, 0.5) is 0 Å². The van der Waals surface area contributed by atoms with Crippen molar-refractivity contribution in [2.24, 2.45) is 5.92 Å². The molecule has 0 unspecified atom stereocenters.